The molecule has 0 amide bonds. The highest BCUT2D eigenvalue weighted by molar-refractivity contribution is 9.10. The van der Waals surface area contributed by atoms with Gasteiger partial charge < -0.3 is 5.32 Å². The first-order valence-corrected chi connectivity index (χ1v) is 6.30. The maximum absolute atomic E-state index is 13.7. The lowest BCUT2D eigenvalue weighted by Gasteiger charge is -2.10. The molecule has 2 aromatic carbocycles. The molecule has 0 atom stereocenters. The molecule has 18 heavy (non-hydrogen) atoms. The number of hydrogen-bond donors (Lipinski definition) is 1. The Kier molecular flexibility index (Phi) is 3.97. The molecule has 0 aliphatic heterocycles. The van der Waals surface area contributed by atoms with Crippen LogP contribution in [0.2, 0.25) is 0 Å². The normalized spacial score (nSPS) is 10.4. The van der Waals surface area contributed by atoms with Crippen LogP contribution < -0.4 is 5.32 Å². The van der Waals surface area contributed by atoms with E-state index in [0.717, 1.165) is 10.0 Å². The van der Waals surface area contributed by atoms with E-state index < -0.39 is 11.6 Å². The molecule has 0 aliphatic rings. The molecule has 0 heterocycles. The third kappa shape index (κ3) is 2.88. The van der Waals surface area contributed by atoms with Gasteiger partial charge in [0.2, 0.25) is 0 Å². The predicted octanol–water partition coefficient (Wildman–Crippen LogP) is 4.65. The maximum Gasteiger partial charge on any atom is 0.152 e. The van der Waals surface area contributed by atoms with Gasteiger partial charge in [-0.05, 0) is 36.2 Å². The van der Waals surface area contributed by atoms with Crippen molar-refractivity contribution in [2.75, 3.05) is 5.32 Å². The van der Waals surface area contributed by atoms with E-state index in [9.17, 15) is 8.78 Å². The lowest BCUT2D eigenvalue weighted by molar-refractivity contribution is 0.582. The topological polar surface area (TPSA) is 12.0 Å². The fraction of sp³-hybridized carbons (Fsp3) is 0.143. The zero-order valence-corrected chi connectivity index (χ0v) is 11.4. The monoisotopic (exact) mass is 311 g/mol. The quantitative estimate of drug-likeness (QED) is 0.870. The third-order valence-corrected chi connectivity index (χ3v) is 3.14. The summed E-state index contributed by atoms with van der Waals surface area (Å²) in [4.78, 5) is 0. The summed E-state index contributed by atoms with van der Waals surface area (Å²) in [6.45, 7) is 1.98. The summed E-state index contributed by atoms with van der Waals surface area (Å²) in [5.41, 5.74) is 1.30. The van der Waals surface area contributed by atoms with E-state index in [1.54, 1.807) is 6.92 Å². The smallest absolute Gasteiger partial charge is 0.152 e. The van der Waals surface area contributed by atoms with Crippen LogP contribution in [-0.4, -0.2) is 0 Å². The molecule has 1 N–H and O–H groups in total. The van der Waals surface area contributed by atoms with Crippen LogP contribution in [0.4, 0.5) is 14.5 Å². The van der Waals surface area contributed by atoms with Crippen molar-refractivity contribution in [2.45, 2.75) is 13.5 Å². The zero-order chi connectivity index (χ0) is 13.1. The second-order valence-corrected chi connectivity index (χ2v) is 4.95. The Bertz CT molecular complexity index is 570. The van der Waals surface area contributed by atoms with Crippen molar-refractivity contribution in [1.29, 1.82) is 0 Å². The fourth-order valence-corrected chi connectivity index (χ4v) is 2.10. The molecule has 2 aromatic rings. The highest BCUT2D eigenvalue weighted by Gasteiger charge is 2.10. The van der Waals surface area contributed by atoms with Crippen molar-refractivity contribution >= 4 is 21.6 Å². The van der Waals surface area contributed by atoms with Crippen molar-refractivity contribution in [3.05, 3.63) is 63.6 Å². The van der Waals surface area contributed by atoms with Gasteiger partial charge in [0.25, 0.3) is 0 Å². The minimum Gasteiger partial charge on any atom is -0.376 e. The molecule has 0 unspecified atom stereocenters. The Morgan fingerprint density at radius 2 is 1.94 bits per heavy atom. The molecule has 94 valence electrons. The summed E-state index contributed by atoms with van der Waals surface area (Å²) >= 11 is 3.35. The number of rotatable bonds is 3. The van der Waals surface area contributed by atoms with Crippen molar-refractivity contribution in [1.82, 2.24) is 0 Å². The first-order valence-electron chi connectivity index (χ1n) is 5.51. The minimum absolute atomic E-state index is 0.0741. The van der Waals surface area contributed by atoms with Crippen molar-refractivity contribution < 1.29 is 8.78 Å². The van der Waals surface area contributed by atoms with E-state index >= 15 is 0 Å². The number of aryl methyl sites for hydroxylation is 1. The van der Waals surface area contributed by atoms with Crippen LogP contribution in [0.1, 0.15) is 11.1 Å². The molecule has 0 fully saturated rings. The van der Waals surface area contributed by atoms with Gasteiger partial charge in [-0.1, -0.05) is 34.1 Å². The number of hydrogen-bond acceptors (Lipinski definition) is 1. The molecule has 2 rings (SSSR count). The third-order valence-electron chi connectivity index (χ3n) is 2.64. The van der Waals surface area contributed by atoms with Crippen LogP contribution in [0.3, 0.4) is 0 Å². The molecular weight excluding hydrogens is 300 g/mol. The van der Waals surface area contributed by atoms with E-state index in [1.165, 1.54) is 12.1 Å². The SMILES string of the molecule is Cc1ccc(F)c(NCc2cccc(Br)c2)c1F. The number of halogens is 3. The van der Waals surface area contributed by atoms with Gasteiger partial charge in [0.15, 0.2) is 5.82 Å². The van der Waals surface area contributed by atoms with Crippen LogP contribution in [-0.2, 0) is 6.54 Å². The predicted molar refractivity (Wildman–Crippen MR) is 72.6 cm³/mol. The summed E-state index contributed by atoms with van der Waals surface area (Å²) < 4.78 is 28.2. The molecule has 0 spiro atoms. The van der Waals surface area contributed by atoms with Gasteiger partial charge in [-0.25, -0.2) is 8.78 Å². The molecule has 0 aromatic heterocycles. The number of anilines is 1. The first kappa shape index (κ1) is 13.0. The Morgan fingerprint density at radius 1 is 1.17 bits per heavy atom. The second-order valence-electron chi connectivity index (χ2n) is 4.04. The Labute approximate surface area is 113 Å². The van der Waals surface area contributed by atoms with E-state index in [2.05, 4.69) is 21.2 Å². The van der Waals surface area contributed by atoms with E-state index in [0.29, 0.717) is 12.1 Å². The molecule has 0 radical (unpaired) electrons. The largest absolute Gasteiger partial charge is 0.376 e. The maximum atomic E-state index is 13.7. The highest BCUT2D eigenvalue weighted by atomic mass is 79.9. The standard InChI is InChI=1S/C14H12BrF2N/c1-9-5-6-12(16)14(13(9)17)18-8-10-3-2-4-11(15)7-10/h2-7,18H,8H2,1H3. The van der Waals surface area contributed by atoms with Crippen LogP contribution in [0.5, 0.6) is 0 Å². The summed E-state index contributed by atoms with van der Waals surface area (Å²) in [6.07, 6.45) is 0. The van der Waals surface area contributed by atoms with Crippen molar-refractivity contribution in [3.8, 4) is 0 Å². The van der Waals surface area contributed by atoms with E-state index in [-0.39, 0.29) is 5.69 Å². The second kappa shape index (κ2) is 5.48. The average molecular weight is 312 g/mol. The lowest BCUT2D eigenvalue weighted by atomic mass is 10.1. The van der Waals surface area contributed by atoms with Gasteiger partial charge in [0.1, 0.15) is 11.5 Å². The Balaban J connectivity index is 2.18. The number of nitrogens with one attached hydrogen (secondary N) is 1. The molecule has 4 heteroatoms. The summed E-state index contributed by atoms with van der Waals surface area (Å²) in [6, 6.07) is 10.3. The van der Waals surface area contributed by atoms with E-state index in [4.69, 9.17) is 0 Å². The molecule has 0 saturated heterocycles. The zero-order valence-electron chi connectivity index (χ0n) is 9.81. The van der Waals surface area contributed by atoms with Gasteiger partial charge in [-0.15, -0.1) is 0 Å². The summed E-state index contributed by atoms with van der Waals surface area (Å²) in [5.74, 6) is -1.11. The molecule has 1 nitrogen and oxygen atoms in total. The molecule has 0 saturated carbocycles. The first-order chi connectivity index (χ1) is 8.58. The molecule has 0 bridgehead atoms. The Hall–Kier alpha value is -1.42. The van der Waals surface area contributed by atoms with Crippen LogP contribution >= 0.6 is 15.9 Å². The Morgan fingerprint density at radius 3 is 2.67 bits per heavy atom. The van der Waals surface area contributed by atoms with Gasteiger partial charge in [-0.3, -0.25) is 0 Å². The summed E-state index contributed by atoms with van der Waals surface area (Å²) in [5, 5.41) is 2.79. The van der Waals surface area contributed by atoms with Crippen LogP contribution in [0.15, 0.2) is 40.9 Å². The van der Waals surface area contributed by atoms with Gasteiger partial charge in [0, 0.05) is 11.0 Å². The minimum atomic E-state index is -0.576. The summed E-state index contributed by atoms with van der Waals surface area (Å²) in [7, 11) is 0. The van der Waals surface area contributed by atoms with Gasteiger partial charge >= 0.3 is 0 Å². The van der Waals surface area contributed by atoms with Crippen molar-refractivity contribution in [2.24, 2.45) is 0 Å². The highest BCUT2D eigenvalue weighted by Crippen LogP contribution is 2.22. The number of benzene rings is 2. The van der Waals surface area contributed by atoms with Gasteiger partial charge in [0.05, 0.1) is 0 Å². The lowest BCUT2D eigenvalue weighted by Crippen LogP contribution is -2.04. The molecule has 0 aliphatic carbocycles. The van der Waals surface area contributed by atoms with Crippen LogP contribution in [0.25, 0.3) is 0 Å². The molecular formula is C14H12BrF2N. The van der Waals surface area contributed by atoms with Crippen molar-refractivity contribution in [3.63, 3.8) is 0 Å². The van der Waals surface area contributed by atoms with Crippen LogP contribution in [0, 0.1) is 18.6 Å². The van der Waals surface area contributed by atoms with E-state index in [1.807, 2.05) is 24.3 Å². The average Bonchev–Trinajstić information content (AvgIpc) is 2.34. The van der Waals surface area contributed by atoms with Gasteiger partial charge in [-0.2, -0.15) is 0 Å². The fourth-order valence-electron chi connectivity index (χ4n) is 1.66.